The van der Waals surface area contributed by atoms with Crippen molar-refractivity contribution in [3.05, 3.63) is 35.4 Å². The maximum Gasteiger partial charge on any atom is 0.220 e. The summed E-state index contributed by atoms with van der Waals surface area (Å²) >= 11 is 0. The second kappa shape index (κ2) is 9.54. The molecule has 0 fully saturated rings. The second-order valence-electron chi connectivity index (χ2n) is 5.39. The van der Waals surface area contributed by atoms with Crippen LogP contribution in [0, 0.1) is 6.92 Å². The predicted molar refractivity (Wildman–Crippen MR) is 84.5 cm³/mol. The van der Waals surface area contributed by atoms with Crippen molar-refractivity contribution in [3.63, 3.8) is 0 Å². The molecule has 1 unspecified atom stereocenters. The average molecular weight is 276 g/mol. The lowest BCUT2D eigenvalue weighted by atomic mass is 10.0. The van der Waals surface area contributed by atoms with Crippen LogP contribution < -0.4 is 11.1 Å². The van der Waals surface area contributed by atoms with Gasteiger partial charge in [-0.05, 0) is 38.3 Å². The Morgan fingerprint density at radius 1 is 1.15 bits per heavy atom. The summed E-state index contributed by atoms with van der Waals surface area (Å²) in [6, 6.07) is 8.52. The van der Waals surface area contributed by atoms with Crippen LogP contribution in [0.5, 0.6) is 0 Å². The fourth-order valence-electron chi connectivity index (χ4n) is 2.27. The van der Waals surface area contributed by atoms with Gasteiger partial charge in [0.2, 0.25) is 5.91 Å². The topological polar surface area (TPSA) is 55.1 Å². The van der Waals surface area contributed by atoms with Crippen LogP contribution in [0.15, 0.2) is 24.3 Å². The molecule has 0 radical (unpaired) electrons. The first kappa shape index (κ1) is 16.7. The molecule has 0 aliphatic heterocycles. The Morgan fingerprint density at radius 2 is 1.80 bits per heavy atom. The maximum atomic E-state index is 11.9. The zero-order chi connectivity index (χ0) is 14.8. The van der Waals surface area contributed by atoms with Gasteiger partial charge in [-0.2, -0.15) is 0 Å². The first-order valence-corrected chi connectivity index (χ1v) is 7.73. The average Bonchev–Trinajstić information content (AvgIpc) is 2.45. The largest absolute Gasteiger partial charge is 0.349 e. The molecule has 112 valence electrons. The van der Waals surface area contributed by atoms with Crippen LogP contribution >= 0.6 is 0 Å². The molecule has 1 aromatic carbocycles. The summed E-state index contributed by atoms with van der Waals surface area (Å²) in [4.78, 5) is 11.9. The monoisotopic (exact) mass is 276 g/mol. The summed E-state index contributed by atoms with van der Waals surface area (Å²) in [5.41, 5.74) is 7.88. The van der Waals surface area contributed by atoms with Crippen LogP contribution in [0.2, 0.25) is 0 Å². The van der Waals surface area contributed by atoms with Gasteiger partial charge in [0.15, 0.2) is 0 Å². The quantitative estimate of drug-likeness (QED) is 0.679. The van der Waals surface area contributed by atoms with Gasteiger partial charge >= 0.3 is 0 Å². The third kappa shape index (κ3) is 6.20. The zero-order valence-corrected chi connectivity index (χ0v) is 12.8. The molecule has 0 aliphatic carbocycles. The van der Waals surface area contributed by atoms with Gasteiger partial charge in [-0.25, -0.2) is 0 Å². The molecule has 1 rings (SSSR count). The van der Waals surface area contributed by atoms with Crippen molar-refractivity contribution < 1.29 is 4.79 Å². The lowest BCUT2D eigenvalue weighted by Gasteiger charge is -2.17. The first-order chi connectivity index (χ1) is 9.67. The Bertz CT molecular complexity index is 386. The highest BCUT2D eigenvalue weighted by Gasteiger charge is 2.12. The van der Waals surface area contributed by atoms with Crippen molar-refractivity contribution in [2.45, 2.75) is 58.4 Å². The van der Waals surface area contributed by atoms with E-state index < -0.39 is 0 Å². The molecule has 0 aliphatic rings. The minimum Gasteiger partial charge on any atom is -0.349 e. The number of amides is 1. The van der Waals surface area contributed by atoms with Gasteiger partial charge in [-0.1, -0.05) is 49.6 Å². The predicted octanol–water partition coefficient (Wildman–Crippen LogP) is 3.47. The van der Waals surface area contributed by atoms with Gasteiger partial charge < -0.3 is 11.1 Å². The molecule has 0 saturated heterocycles. The van der Waals surface area contributed by atoms with Crippen molar-refractivity contribution in [2.24, 2.45) is 5.73 Å². The van der Waals surface area contributed by atoms with E-state index in [2.05, 4.69) is 43.4 Å². The van der Waals surface area contributed by atoms with Crippen molar-refractivity contribution in [2.75, 3.05) is 6.54 Å². The molecule has 3 heteroatoms. The Balaban J connectivity index is 2.36. The SMILES string of the molecule is CCC(NC(=O)CCCCCCN)c1ccc(C)cc1. The van der Waals surface area contributed by atoms with Crippen LogP contribution in [0.25, 0.3) is 0 Å². The number of nitrogens with one attached hydrogen (secondary N) is 1. The molecular formula is C17H28N2O. The van der Waals surface area contributed by atoms with E-state index in [4.69, 9.17) is 5.73 Å². The number of rotatable bonds is 9. The standard InChI is InChI=1S/C17H28N2O/c1-3-16(15-11-9-14(2)10-12-15)19-17(20)8-6-4-5-7-13-18/h9-12,16H,3-8,13,18H2,1-2H3,(H,19,20). The molecule has 1 amide bonds. The van der Waals surface area contributed by atoms with Gasteiger partial charge in [0.1, 0.15) is 0 Å². The number of nitrogens with two attached hydrogens (primary N) is 1. The van der Waals surface area contributed by atoms with Gasteiger partial charge in [0, 0.05) is 6.42 Å². The summed E-state index contributed by atoms with van der Waals surface area (Å²) in [5, 5.41) is 3.13. The van der Waals surface area contributed by atoms with Crippen molar-refractivity contribution in [1.29, 1.82) is 0 Å². The summed E-state index contributed by atoms with van der Waals surface area (Å²) in [6.07, 6.45) is 5.76. The number of hydrogen-bond donors (Lipinski definition) is 2. The Morgan fingerprint density at radius 3 is 2.40 bits per heavy atom. The van der Waals surface area contributed by atoms with Crippen LogP contribution in [0.1, 0.15) is 62.6 Å². The molecule has 0 spiro atoms. The minimum atomic E-state index is 0.132. The maximum absolute atomic E-state index is 11.9. The summed E-state index contributed by atoms with van der Waals surface area (Å²) in [5.74, 6) is 0.158. The number of benzene rings is 1. The molecule has 3 nitrogen and oxygen atoms in total. The van der Waals surface area contributed by atoms with Gasteiger partial charge in [0.05, 0.1) is 6.04 Å². The molecule has 1 atom stereocenters. The Kier molecular flexibility index (Phi) is 7.97. The van der Waals surface area contributed by atoms with Gasteiger partial charge in [0.25, 0.3) is 0 Å². The molecule has 0 saturated carbocycles. The fourth-order valence-corrected chi connectivity index (χ4v) is 2.27. The summed E-state index contributed by atoms with van der Waals surface area (Å²) in [7, 11) is 0. The highest BCUT2D eigenvalue weighted by Crippen LogP contribution is 2.17. The molecule has 0 aromatic heterocycles. The molecule has 0 bridgehead atoms. The number of carbonyl (C=O) groups is 1. The number of hydrogen-bond acceptors (Lipinski definition) is 2. The van der Waals surface area contributed by atoms with Gasteiger partial charge in [-0.15, -0.1) is 0 Å². The van der Waals surface area contributed by atoms with E-state index in [0.29, 0.717) is 6.42 Å². The molecule has 20 heavy (non-hydrogen) atoms. The van der Waals surface area contributed by atoms with E-state index >= 15 is 0 Å². The minimum absolute atomic E-state index is 0.132. The molecule has 3 N–H and O–H groups in total. The normalized spacial score (nSPS) is 12.2. The van der Waals surface area contributed by atoms with Crippen LogP contribution in [0.4, 0.5) is 0 Å². The van der Waals surface area contributed by atoms with Crippen molar-refractivity contribution in [1.82, 2.24) is 5.32 Å². The van der Waals surface area contributed by atoms with E-state index in [-0.39, 0.29) is 11.9 Å². The molecule has 0 heterocycles. The van der Waals surface area contributed by atoms with E-state index in [9.17, 15) is 4.79 Å². The highest BCUT2D eigenvalue weighted by atomic mass is 16.1. The van der Waals surface area contributed by atoms with Crippen molar-refractivity contribution >= 4 is 5.91 Å². The Labute approximate surface area is 122 Å². The third-order valence-corrected chi connectivity index (χ3v) is 3.58. The molecular weight excluding hydrogens is 248 g/mol. The van der Waals surface area contributed by atoms with Crippen LogP contribution in [-0.2, 0) is 4.79 Å². The van der Waals surface area contributed by atoms with Crippen LogP contribution in [0.3, 0.4) is 0 Å². The first-order valence-electron chi connectivity index (χ1n) is 7.73. The van der Waals surface area contributed by atoms with E-state index in [1.807, 2.05) is 0 Å². The number of carbonyl (C=O) groups excluding carboxylic acids is 1. The summed E-state index contributed by atoms with van der Waals surface area (Å²) in [6.45, 7) is 4.92. The van der Waals surface area contributed by atoms with Crippen molar-refractivity contribution in [3.8, 4) is 0 Å². The van der Waals surface area contributed by atoms with E-state index in [1.54, 1.807) is 0 Å². The fraction of sp³-hybridized carbons (Fsp3) is 0.588. The lowest BCUT2D eigenvalue weighted by Crippen LogP contribution is -2.27. The second-order valence-corrected chi connectivity index (χ2v) is 5.39. The number of aryl methyl sites for hydroxylation is 1. The van der Waals surface area contributed by atoms with E-state index in [0.717, 1.165) is 38.6 Å². The van der Waals surface area contributed by atoms with Gasteiger partial charge in [-0.3, -0.25) is 4.79 Å². The smallest absolute Gasteiger partial charge is 0.220 e. The number of unbranched alkanes of at least 4 members (excludes halogenated alkanes) is 3. The third-order valence-electron chi connectivity index (χ3n) is 3.58. The summed E-state index contributed by atoms with van der Waals surface area (Å²) < 4.78 is 0. The van der Waals surface area contributed by atoms with Crippen LogP contribution in [-0.4, -0.2) is 12.5 Å². The zero-order valence-electron chi connectivity index (χ0n) is 12.8. The molecule has 1 aromatic rings. The highest BCUT2D eigenvalue weighted by molar-refractivity contribution is 5.76. The van der Waals surface area contributed by atoms with E-state index in [1.165, 1.54) is 11.1 Å². The lowest BCUT2D eigenvalue weighted by molar-refractivity contribution is -0.122. The Hall–Kier alpha value is -1.35.